The number of halogens is 2. The Bertz CT molecular complexity index is 1010. The van der Waals surface area contributed by atoms with Crippen molar-refractivity contribution in [2.24, 2.45) is 0 Å². The van der Waals surface area contributed by atoms with Crippen LogP contribution in [0.4, 0.5) is 8.78 Å². The van der Waals surface area contributed by atoms with Crippen LogP contribution in [0.3, 0.4) is 0 Å². The van der Waals surface area contributed by atoms with E-state index in [1.807, 2.05) is 0 Å². The van der Waals surface area contributed by atoms with Crippen molar-refractivity contribution in [3.8, 4) is 5.75 Å². The average molecular weight is 413 g/mol. The van der Waals surface area contributed by atoms with E-state index >= 15 is 0 Å². The van der Waals surface area contributed by atoms with Crippen LogP contribution < -0.4 is 4.74 Å². The maximum absolute atomic E-state index is 13.6. The van der Waals surface area contributed by atoms with Gasteiger partial charge in [0.05, 0.1) is 6.42 Å². The van der Waals surface area contributed by atoms with Crippen molar-refractivity contribution < 1.29 is 22.8 Å². The molecule has 6 nitrogen and oxygen atoms in total. The van der Waals surface area contributed by atoms with E-state index in [1.165, 1.54) is 24.3 Å². The van der Waals surface area contributed by atoms with Crippen LogP contribution >= 0.6 is 0 Å². The lowest BCUT2D eigenvalue weighted by Crippen LogP contribution is -2.40. The van der Waals surface area contributed by atoms with Gasteiger partial charge in [-0.25, -0.2) is 8.78 Å². The topological polar surface area (TPSA) is 68.5 Å². The van der Waals surface area contributed by atoms with Gasteiger partial charge < -0.3 is 14.2 Å². The predicted molar refractivity (Wildman–Crippen MR) is 104 cm³/mol. The van der Waals surface area contributed by atoms with Crippen LogP contribution in [-0.4, -0.2) is 34.0 Å². The first-order chi connectivity index (χ1) is 14.6. The monoisotopic (exact) mass is 413 g/mol. The first-order valence-corrected chi connectivity index (χ1v) is 9.80. The molecule has 0 saturated carbocycles. The quantitative estimate of drug-likeness (QED) is 0.614. The molecule has 2 aromatic carbocycles. The number of ether oxygens (including phenoxy) is 1. The molecule has 1 saturated heterocycles. The maximum Gasteiger partial charge on any atom is 0.264 e. The van der Waals surface area contributed by atoms with Gasteiger partial charge >= 0.3 is 0 Å². The van der Waals surface area contributed by atoms with Crippen LogP contribution in [0.1, 0.15) is 36.0 Å². The number of benzene rings is 2. The number of para-hydroxylation sites is 1. The van der Waals surface area contributed by atoms with Crippen LogP contribution in [-0.2, 0) is 17.8 Å². The highest BCUT2D eigenvalue weighted by atomic mass is 19.1. The third kappa shape index (κ3) is 4.82. The first kappa shape index (κ1) is 20.0. The SMILES string of the molecule is O=C(Cc1ccc(F)cc1)N1CCCC(c2noc(COc3ccccc3F)n2)C1. The van der Waals surface area contributed by atoms with Gasteiger partial charge in [0.1, 0.15) is 5.82 Å². The van der Waals surface area contributed by atoms with E-state index in [-0.39, 0.29) is 42.3 Å². The minimum Gasteiger partial charge on any atom is -0.481 e. The summed E-state index contributed by atoms with van der Waals surface area (Å²) in [6, 6.07) is 12.0. The molecule has 0 N–H and O–H groups in total. The summed E-state index contributed by atoms with van der Waals surface area (Å²) < 4.78 is 37.3. The lowest BCUT2D eigenvalue weighted by molar-refractivity contribution is -0.131. The van der Waals surface area contributed by atoms with E-state index in [2.05, 4.69) is 10.1 Å². The largest absolute Gasteiger partial charge is 0.481 e. The molecule has 1 fully saturated rings. The highest BCUT2D eigenvalue weighted by Gasteiger charge is 2.28. The summed E-state index contributed by atoms with van der Waals surface area (Å²) in [6.07, 6.45) is 1.89. The molecule has 2 heterocycles. The van der Waals surface area contributed by atoms with Gasteiger partial charge in [0.2, 0.25) is 5.91 Å². The number of carbonyl (C=O) groups excluding carboxylic acids is 1. The highest BCUT2D eigenvalue weighted by molar-refractivity contribution is 5.79. The third-order valence-electron chi connectivity index (χ3n) is 5.08. The molecule has 1 unspecified atom stereocenters. The van der Waals surface area contributed by atoms with Crippen LogP contribution in [0.25, 0.3) is 0 Å². The number of nitrogens with zero attached hydrogens (tertiary/aromatic N) is 3. The zero-order valence-corrected chi connectivity index (χ0v) is 16.3. The summed E-state index contributed by atoms with van der Waals surface area (Å²) >= 11 is 0. The van der Waals surface area contributed by atoms with E-state index in [4.69, 9.17) is 9.26 Å². The number of likely N-dealkylation sites (tertiary alicyclic amines) is 1. The third-order valence-corrected chi connectivity index (χ3v) is 5.08. The van der Waals surface area contributed by atoms with Crippen LogP contribution in [0.15, 0.2) is 53.1 Å². The Morgan fingerprint density at radius 2 is 1.97 bits per heavy atom. The molecule has 0 aliphatic carbocycles. The molecule has 1 atom stereocenters. The Balaban J connectivity index is 1.34. The summed E-state index contributed by atoms with van der Waals surface area (Å²) in [5, 5.41) is 4.02. The fourth-order valence-corrected chi connectivity index (χ4v) is 3.50. The van der Waals surface area contributed by atoms with Gasteiger partial charge in [-0.2, -0.15) is 4.98 Å². The molecule has 1 aromatic heterocycles. The molecule has 1 amide bonds. The average Bonchev–Trinajstić information content (AvgIpc) is 3.24. The van der Waals surface area contributed by atoms with E-state index in [0.717, 1.165) is 18.4 Å². The lowest BCUT2D eigenvalue weighted by atomic mass is 9.97. The van der Waals surface area contributed by atoms with Gasteiger partial charge in [-0.05, 0) is 42.7 Å². The maximum atomic E-state index is 13.6. The molecule has 1 aliphatic heterocycles. The Hall–Kier alpha value is -3.29. The second-order valence-corrected chi connectivity index (χ2v) is 7.25. The molecule has 4 rings (SSSR count). The number of hydrogen-bond acceptors (Lipinski definition) is 5. The number of aromatic nitrogens is 2. The number of rotatable bonds is 6. The van der Waals surface area contributed by atoms with Crippen LogP contribution in [0.2, 0.25) is 0 Å². The molecule has 156 valence electrons. The van der Waals surface area contributed by atoms with E-state index in [1.54, 1.807) is 29.2 Å². The van der Waals surface area contributed by atoms with E-state index < -0.39 is 5.82 Å². The van der Waals surface area contributed by atoms with Gasteiger partial charge in [-0.3, -0.25) is 4.79 Å². The summed E-state index contributed by atoms with van der Waals surface area (Å²) in [5.41, 5.74) is 0.774. The van der Waals surface area contributed by atoms with Gasteiger partial charge in [-0.15, -0.1) is 0 Å². The molecule has 0 spiro atoms. The molecule has 0 radical (unpaired) electrons. The molecule has 3 aromatic rings. The van der Waals surface area contributed by atoms with E-state index in [0.29, 0.717) is 18.9 Å². The Labute approximate surface area is 172 Å². The van der Waals surface area contributed by atoms with E-state index in [9.17, 15) is 13.6 Å². The Kier molecular flexibility index (Phi) is 6.02. The summed E-state index contributed by atoms with van der Waals surface area (Å²) in [6.45, 7) is 1.12. The summed E-state index contributed by atoms with van der Waals surface area (Å²) in [7, 11) is 0. The standard InChI is InChI=1S/C22H21F2N3O3/c23-17-9-7-15(8-10-17)12-21(28)27-11-3-4-16(13-27)22-25-20(30-26-22)14-29-19-6-2-1-5-18(19)24/h1-2,5-10,16H,3-4,11-14H2. The first-order valence-electron chi connectivity index (χ1n) is 9.80. The molecule has 1 aliphatic rings. The van der Waals surface area contributed by atoms with Crippen molar-refractivity contribution >= 4 is 5.91 Å². The van der Waals surface area contributed by atoms with Gasteiger partial charge in [0.25, 0.3) is 5.89 Å². The highest BCUT2D eigenvalue weighted by Crippen LogP contribution is 2.26. The molecule has 30 heavy (non-hydrogen) atoms. The normalized spacial score (nSPS) is 16.5. The summed E-state index contributed by atoms with van der Waals surface area (Å²) in [5.74, 6) is 0.0488. The van der Waals surface area contributed by atoms with Gasteiger partial charge in [0.15, 0.2) is 24.0 Å². The smallest absolute Gasteiger partial charge is 0.264 e. The summed E-state index contributed by atoms with van der Waals surface area (Å²) in [4.78, 5) is 18.8. The molecule has 0 bridgehead atoms. The second-order valence-electron chi connectivity index (χ2n) is 7.25. The minimum atomic E-state index is -0.458. The zero-order chi connectivity index (χ0) is 20.9. The fourth-order valence-electron chi connectivity index (χ4n) is 3.50. The van der Waals surface area contributed by atoms with Crippen LogP contribution in [0, 0.1) is 11.6 Å². The second kappa shape index (κ2) is 9.02. The Morgan fingerprint density at radius 1 is 1.17 bits per heavy atom. The Morgan fingerprint density at radius 3 is 2.77 bits per heavy atom. The zero-order valence-electron chi connectivity index (χ0n) is 16.3. The fraction of sp³-hybridized carbons (Fsp3) is 0.318. The minimum absolute atomic E-state index is 0.0158. The van der Waals surface area contributed by atoms with Crippen molar-refractivity contribution in [1.82, 2.24) is 15.0 Å². The molecule has 8 heteroatoms. The van der Waals surface area contributed by atoms with Crippen molar-refractivity contribution in [2.75, 3.05) is 13.1 Å². The molecular formula is C22H21F2N3O3. The van der Waals surface area contributed by atoms with Gasteiger partial charge in [-0.1, -0.05) is 29.4 Å². The number of amides is 1. The van der Waals surface area contributed by atoms with Gasteiger partial charge in [0, 0.05) is 19.0 Å². The van der Waals surface area contributed by atoms with Crippen LogP contribution in [0.5, 0.6) is 5.75 Å². The van der Waals surface area contributed by atoms with Crippen molar-refractivity contribution in [2.45, 2.75) is 31.8 Å². The number of hydrogen-bond donors (Lipinski definition) is 0. The number of carbonyl (C=O) groups is 1. The van der Waals surface area contributed by atoms with Crippen molar-refractivity contribution in [3.63, 3.8) is 0 Å². The van der Waals surface area contributed by atoms with Crippen molar-refractivity contribution in [1.29, 1.82) is 0 Å². The predicted octanol–water partition coefficient (Wildman–Crippen LogP) is 3.88. The van der Waals surface area contributed by atoms with Crippen molar-refractivity contribution in [3.05, 3.63) is 77.4 Å². The number of piperidine rings is 1. The molecular weight excluding hydrogens is 392 g/mol. The lowest BCUT2D eigenvalue weighted by Gasteiger charge is -2.31.